The Labute approximate surface area is 127 Å². The smallest absolute Gasteiger partial charge is 0.141 e. The Morgan fingerprint density at radius 2 is 1.73 bits per heavy atom. The second kappa shape index (κ2) is 5.07. The number of hydrogen-bond acceptors (Lipinski definition) is 3. The SMILES string of the molecule is Oc1ccc2c3c(ccnc13)CN(Cc1ccc(F)cc1)C2. The van der Waals surface area contributed by atoms with E-state index in [1.54, 1.807) is 12.3 Å². The van der Waals surface area contributed by atoms with E-state index >= 15 is 0 Å². The summed E-state index contributed by atoms with van der Waals surface area (Å²) in [5, 5.41) is 11.0. The first kappa shape index (κ1) is 13.2. The van der Waals surface area contributed by atoms with Gasteiger partial charge in [0.1, 0.15) is 17.1 Å². The van der Waals surface area contributed by atoms with Crippen LogP contribution in [-0.2, 0) is 19.6 Å². The highest BCUT2D eigenvalue weighted by Crippen LogP contribution is 2.33. The number of aromatic nitrogens is 1. The van der Waals surface area contributed by atoms with E-state index < -0.39 is 0 Å². The highest BCUT2D eigenvalue weighted by Gasteiger charge is 2.20. The molecule has 2 aromatic carbocycles. The predicted octanol–water partition coefficient (Wildman–Crippen LogP) is 3.60. The van der Waals surface area contributed by atoms with Gasteiger partial charge in [-0.1, -0.05) is 18.2 Å². The third-order valence-corrected chi connectivity index (χ3v) is 4.15. The minimum Gasteiger partial charge on any atom is -0.506 e. The van der Waals surface area contributed by atoms with Crippen LogP contribution in [0, 0.1) is 5.82 Å². The van der Waals surface area contributed by atoms with Gasteiger partial charge < -0.3 is 5.11 Å². The number of rotatable bonds is 2. The van der Waals surface area contributed by atoms with Gasteiger partial charge in [0, 0.05) is 31.2 Å². The highest BCUT2D eigenvalue weighted by atomic mass is 19.1. The lowest BCUT2D eigenvalue weighted by Gasteiger charge is -2.29. The highest BCUT2D eigenvalue weighted by molar-refractivity contribution is 5.90. The molecule has 0 spiro atoms. The second-order valence-electron chi connectivity index (χ2n) is 5.71. The molecular weight excluding hydrogens is 279 g/mol. The van der Waals surface area contributed by atoms with Crippen LogP contribution in [0.2, 0.25) is 0 Å². The molecule has 4 rings (SSSR count). The molecule has 0 aliphatic carbocycles. The van der Waals surface area contributed by atoms with Crippen molar-refractivity contribution in [3.63, 3.8) is 0 Å². The first-order chi connectivity index (χ1) is 10.7. The van der Waals surface area contributed by atoms with E-state index in [-0.39, 0.29) is 11.6 Å². The maximum Gasteiger partial charge on any atom is 0.141 e. The average molecular weight is 294 g/mol. The lowest BCUT2D eigenvalue weighted by Crippen LogP contribution is -2.26. The second-order valence-corrected chi connectivity index (χ2v) is 5.71. The standard InChI is InChI=1S/C18H15FN2O/c19-15-4-1-12(2-5-15)9-21-10-13-3-6-16(22)18-17(13)14(11-21)7-8-20-18/h1-8,22H,9-11H2. The Hall–Kier alpha value is -2.46. The summed E-state index contributed by atoms with van der Waals surface area (Å²) in [5.41, 5.74) is 4.11. The molecule has 0 saturated carbocycles. The first-order valence-corrected chi connectivity index (χ1v) is 7.26. The van der Waals surface area contributed by atoms with Crippen LogP contribution in [0.1, 0.15) is 16.7 Å². The molecule has 2 heterocycles. The molecule has 1 aliphatic heterocycles. The van der Waals surface area contributed by atoms with E-state index in [4.69, 9.17) is 0 Å². The van der Waals surface area contributed by atoms with E-state index in [1.165, 1.54) is 23.3 Å². The van der Waals surface area contributed by atoms with Crippen molar-refractivity contribution in [2.75, 3.05) is 0 Å². The molecule has 1 aromatic heterocycles. The summed E-state index contributed by atoms with van der Waals surface area (Å²) in [6.45, 7) is 2.37. The number of hydrogen-bond donors (Lipinski definition) is 1. The summed E-state index contributed by atoms with van der Waals surface area (Å²) in [6, 6.07) is 12.3. The molecule has 3 aromatic rings. The zero-order valence-electron chi connectivity index (χ0n) is 12.0. The van der Waals surface area contributed by atoms with E-state index in [0.29, 0.717) is 5.52 Å². The summed E-state index contributed by atoms with van der Waals surface area (Å²) < 4.78 is 13.0. The van der Waals surface area contributed by atoms with E-state index in [1.807, 2.05) is 24.3 Å². The molecule has 1 aliphatic rings. The van der Waals surface area contributed by atoms with Gasteiger partial charge in [-0.2, -0.15) is 0 Å². The van der Waals surface area contributed by atoms with Crippen LogP contribution < -0.4 is 0 Å². The minimum atomic E-state index is -0.209. The summed E-state index contributed by atoms with van der Waals surface area (Å²) in [6.07, 6.45) is 1.74. The predicted molar refractivity (Wildman–Crippen MR) is 82.8 cm³/mol. The van der Waals surface area contributed by atoms with Gasteiger partial charge in [0.2, 0.25) is 0 Å². The summed E-state index contributed by atoms with van der Waals surface area (Å²) >= 11 is 0. The third-order valence-electron chi connectivity index (χ3n) is 4.15. The Morgan fingerprint density at radius 3 is 2.50 bits per heavy atom. The molecular formula is C18H15FN2O. The summed E-state index contributed by atoms with van der Waals surface area (Å²) in [7, 11) is 0. The Morgan fingerprint density at radius 1 is 1.00 bits per heavy atom. The molecule has 4 heteroatoms. The molecule has 0 amide bonds. The van der Waals surface area contributed by atoms with E-state index in [0.717, 1.165) is 30.6 Å². The number of halogens is 1. The summed E-state index contributed by atoms with van der Waals surface area (Å²) in [4.78, 5) is 6.60. The van der Waals surface area contributed by atoms with Crippen molar-refractivity contribution >= 4 is 10.9 Å². The molecule has 0 fully saturated rings. The summed E-state index contributed by atoms with van der Waals surface area (Å²) in [5.74, 6) is 0.0200. The first-order valence-electron chi connectivity index (χ1n) is 7.26. The monoisotopic (exact) mass is 294 g/mol. The van der Waals surface area contributed by atoms with Crippen LogP contribution in [0.4, 0.5) is 4.39 Å². The maximum absolute atomic E-state index is 13.0. The topological polar surface area (TPSA) is 36.4 Å². The van der Waals surface area contributed by atoms with Crippen LogP contribution in [0.5, 0.6) is 5.75 Å². The van der Waals surface area contributed by atoms with Crippen LogP contribution >= 0.6 is 0 Å². The molecule has 3 nitrogen and oxygen atoms in total. The molecule has 0 saturated heterocycles. The fraction of sp³-hybridized carbons (Fsp3) is 0.167. The number of nitrogens with zero attached hydrogens (tertiary/aromatic N) is 2. The van der Waals surface area contributed by atoms with Crippen molar-refractivity contribution in [3.8, 4) is 5.75 Å². The van der Waals surface area contributed by atoms with Gasteiger partial charge in [0.15, 0.2) is 0 Å². The quantitative estimate of drug-likeness (QED) is 0.784. The van der Waals surface area contributed by atoms with Crippen LogP contribution in [0.25, 0.3) is 10.9 Å². The van der Waals surface area contributed by atoms with Crippen LogP contribution in [-0.4, -0.2) is 15.0 Å². The number of aromatic hydroxyl groups is 1. The Balaban J connectivity index is 1.68. The minimum absolute atomic E-state index is 0.209. The number of pyridine rings is 1. The zero-order chi connectivity index (χ0) is 15.1. The van der Waals surface area contributed by atoms with Crippen molar-refractivity contribution in [1.82, 2.24) is 9.88 Å². The average Bonchev–Trinajstić information content (AvgIpc) is 2.53. The lowest BCUT2D eigenvalue weighted by atomic mass is 9.97. The van der Waals surface area contributed by atoms with Gasteiger partial charge in [-0.15, -0.1) is 0 Å². The molecule has 0 atom stereocenters. The van der Waals surface area contributed by atoms with Gasteiger partial charge >= 0.3 is 0 Å². The van der Waals surface area contributed by atoms with Gasteiger partial charge in [-0.05, 0) is 41.0 Å². The Bertz CT molecular complexity index is 833. The maximum atomic E-state index is 13.0. The van der Waals surface area contributed by atoms with Crippen molar-refractivity contribution < 1.29 is 9.50 Å². The molecule has 1 N–H and O–H groups in total. The van der Waals surface area contributed by atoms with Crippen LogP contribution in [0.15, 0.2) is 48.7 Å². The van der Waals surface area contributed by atoms with Crippen molar-refractivity contribution in [2.45, 2.75) is 19.6 Å². The number of phenolic OH excluding ortho intramolecular Hbond substituents is 1. The Kier molecular flexibility index (Phi) is 3.05. The fourth-order valence-electron chi connectivity index (χ4n) is 3.16. The normalized spacial score (nSPS) is 14.4. The van der Waals surface area contributed by atoms with E-state index in [2.05, 4.69) is 9.88 Å². The lowest BCUT2D eigenvalue weighted by molar-refractivity contribution is 0.243. The molecule has 22 heavy (non-hydrogen) atoms. The molecule has 0 unspecified atom stereocenters. The van der Waals surface area contributed by atoms with Gasteiger partial charge in [0.05, 0.1) is 0 Å². The molecule has 110 valence electrons. The third kappa shape index (κ3) is 2.22. The fourth-order valence-corrected chi connectivity index (χ4v) is 3.16. The van der Waals surface area contributed by atoms with Crippen molar-refractivity contribution in [2.24, 2.45) is 0 Å². The molecule has 0 bridgehead atoms. The van der Waals surface area contributed by atoms with Crippen molar-refractivity contribution in [1.29, 1.82) is 0 Å². The number of benzene rings is 2. The zero-order valence-corrected chi connectivity index (χ0v) is 12.0. The molecule has 0 radical (unpaired) electrons. The van der Waals surface area contributed by atoms with Gasteiger partial charge in [0.25, 0.3) is 0 Å². The largest absolute Gasteiger partial charge is 0.506 e. The van der Waals surface area contributed by atoms with Gasteiger partial charge in [-0.3, -0.25) is 9.88 Å². The van der Waals surface area contributed by atoms with Gasteiger partial charge in [-0.25, -0.2) is 4.39 Å². The van der Waals surface area contributed by atoms with E-state index in [9.17, 15) is 9.50 Å². The van der Waals surface area contributed by atoms with Crippen LogP contribution in [0.3, 0.4) is 0 Å². The number of phenols is 1. The van der Waals surface area contributed by atoms with Crippen molar-refractivity contribution in [3.05, 3.63) is 71.2 Å².